The fraction of sp³-hybridized carbons (Fsp3) is 0.312. The Bertz CT molecular complexity index is 611. The summed E-state index contributed by atoms with van der Waals surface area (Å²) in [5, 5.41) is 3.75. The lowest BCUT2D eigenvalue weighted by atomic mass is 10.0. The highest BCUT2D eigenvalue weighted by Crippen LogP contribution is 2.30. The lowest BCUT2D eigenvalue weighted by Crippen LogP contribution is -2.21. The van der Waals surface area contributed by atoms with Gasteiger partial charge in [-0.1, -0.05) is 25.4 Å². The molecule has 106 valence electrons. The van der Waals surface area contributed by atoms with E-state index in [0.29, 0.717) is 16.6 Å². The van der Waals surface area contributed by atoms with Gasteiger partial charge >= 0.3 is 0 Å². The third-order valence-corrected chi connectivity index (χ3v) is 3.38. The Kier molecular flexibility index (Phi) is 4.73. The summed E-state index contributed by atoms with van der Waals surface area (Å²) in [5.74, 6) is -0.288. The molecule has 0 saturated heterocycles. The van der Waals surface area contributed by atoms with Crippen molar-refractivity contribution in [2.24, 2.45) is 0 Å². The zero-order valence-corrected chi connectivity index (χ0v) is 12.6. The van der Waals surface area contributed by atoms with Gasteiger partial charge in [0.25, 0.3) is 0 Å². The van der Waals surface area contributed by atoms with Gasteiger partial charge in [-0.25, -0.2) is 4.39 Å². The van der Waals surface area contributed by atoms with Crippen LogP contribution in [0.1, 0.15) is 25.0 Å². The van der Waals surface area contributed by atoms with Crippen molar-refractivity contribution in [3.05, 3.63) is 52.6 Å². The Labute approximate surface area is 124 Å². The number of nitrogens with one attached hydrogen (secondary N) is 1. The second-order valence-corrected chi connectivity index (χ2v) is 5.61. The first kappa shape index (κ1) is 14.9. The van der Waals surface area contributed by atoms with E-state index in [1.54, 1.807) is 19.2 Å². The third-order valence-electron chi connectivity index (χ3n) is 3.07. The van der Waals surface area contributed by atoms with Gasteiger partial charge in [-0.15, -0.1) is 0 Å². The van der Waals surface area contributed by atoms with Crippen LogP contribution in [-0.4, -0.2) is 11.0 Å². The second kappa shape index (κ2) is 6.33. The van der Waals surface area contributed by atoms with Crippen LogP contribution in [0.15, 0.2) is 30.6 Å². The van der Waals surface area contributed by atoms with Crippen LogP contribution >= 0.6 is 11.6 Å². The lowest BCUT2D eigenvalue weighted by Gasteiger charge is -2.10. The van der Waals surface area contributed by atoms with Crippen molar-refractivity contribution >= 4 is 11.6 Å². The summed E-state index contributed by atoms with van der Waals surface area (Å²) >= 11 is 6.13. The summed E-state index contributed by atoms with van der Waals surface area (Å²) in [4.78, 5) is 4.24. The van der Waals surface area contributed by atoms with Crippen molar-refractivity contribution in [1.29, 1.82) is 0 Å². The van der Waals surface area contributed by atoms with Gasteiger partial charge in [-0.3, -0.25) is 4.98 Å². The fourth-order valence-electron chi connectivity index (χ4n) is 1.93. The molecule has 0 aliphatic heterocycles. The largest absolute Gasteiger partial charge is 0.310 e. The van der Waals surface area contributed by atoms with Crippen molar-refractivity contribution in [2.45, 2.75) is 33.4 Å². The molecule has 1 N–H and O–H groups in total. The molecule has 0 aliphatic rings. The Hall–Kier alpha value is -1.45. The number of aryl methyl sites for hydroxylation is 1. The molecular weight excluding hydrogens is 275 g/mol. The standard InChI is InChI=1S/C16H18ClFN2/c1-10(2)20-8-12-5-13(9-19-7-12)14-4-11(3)16(18)6-15(14)17/h4-7,9-10,20H,8H2,1-3H3. The van der Waals surface area contributed by atoms with Gasteiger partial charge in [0.05, 0.1) is 5.02 Å². The summed E-state index contributed by atoms with van der Waals surface area (Å²) in [6.45, 7) is 6.66. The van der Waals surface area contributed by atoms with Crippen LogP contribution in [-0.2, 0) is 6.54 Å². The smallest absolute Gasteiger partial charge is 0.127 e. The van der Waals surface area contributed by atoms with Crippen molar-refractivity contribution in [3.63, 3.8) is 0 Å². The van der Waals surface area contributed by atoms with Gasteiger partial charge in [-0.05, 0) is 36.2 Å². The molecule has 4 heteroatoms. The molecular formula is C16H18ClFN2. The van der Waals surface area contributed by atoms with E-state index in [9.17, 15) is 4.39 Å². The molecule has 2 aromatic rings. The summed E-state index contributed by atoms with van der Waals surface area (Å²) in [5.41, 5.74) is 3.37. The van der Waals surface area contributed by atoms with Crippen molar-refractivity contribution in [3.8, 4) is 11.1 Å². The Morgan fingerprint density at radius 1 is 1.25 bits per heavy atom. The number of benzene rings is 1. The van der Waals surface area contributed by atoms with E-state index < -0.39 is 0 Å². The summed E-state index contributed by atoms with van der Waals surface area (Å²) < 4.78 is 13.5. The van der Waals surface area contributed by atoms with E-state index in [-0.39, 0.29) is 5.82 Å². The molecule has 0 fully saturated rings. The number of halogens is 2. The van der Waals surface area contributed by atoms with E-state index in [1.807, 2.05) is 12.3 Å². The quantitative estimate of drug-likeness (QED) is 0.906. The minimum Gasteiger partial charge on any atom is -0.310 e. The van der Waals surface area contributed by atoms with E-state index in [0.717, 1.165) is 23.2 Å². The molecule has 1 aromatic carbocycles. The molecule has 2 rings (SSSR count). The Balaban J connectivity index is 2.33. The summed E-state index contributed by atoms with van der Waals surface area (Å²) in [7, 11) is 0. The number of nitrogens with zero attached hydrogens (tertiary/aromatic N) is 1. The highest BCUT2D eigenvalue weighted by atomic mass is 35.5. The van der Waals surface area contributed by atoms with Crippen molar-refractivity contribution in [2.75, 3.05) is 0 Å². The van der Waals surface area contributed by atoms with Gasteiger partial charge in [0.1, 0.15) is 5.82 Å². The first-order valence-corrected chi connectivity index (χ1v) is 6.98. The minimum absolute atomic E-state index is 0.288. The number of pyridine rings is 1. The van der Waals surface area contributed by atoms with Crippen LogP contribution in [0.5, 0.6) is 0 Å². The number of aromatic nitrogens is 1. The number of hydrogen-bond donors (Lipinski definition) is 1. The lowest BCUT2D eigenvalue weighted by molar-refractivity contribution is 0.588. The molecule has 0 radical (unpaired) electrons. The zero-order valence-electron chi connectivity index (χ0n) is 11.9. The molecule has 0 saturated carbocycles. The molecule has 1 heterocycles. The Morgan fingerprint density at radius 2 is 2.00 bits per heavy atom. The topological polar surface area (TPSA) is 24.9 Å². The molecule has 0 bridgehead atoms. The SMILES string of the molecule is Cc1cc(-c2cncc(CNC(C)C)c2)c(Cl)cc1F. The van der Waals surface area contributed by atoms with Crippen LogP contribution in [0.4, 0.5) is 4.39 Å². The van der Waals surface area contributed by atoms with Crippen LogP contribution < -0.4 is 5.32 Å². The molecule has 0 aliphatic carbocycles. The first-order chi connectivity index (χ1) is 9.47. The van der Waals surface area contributed by atoms with Gasteiger partial charge < -0.3 is 5.32 Å². The zero-order chi connectivity index (χ0) is 14.7. The molecule has 1 aromatic heterocycles. The molecule has 0 unspecified atom stereocenters. The van der Waals surface area contributed by atoms with Gasteiger partial charge in [0.15, 0.2) is 0 Å². The molecule has 0 spiro atoms. The molecule has 2 nitrogen and oxygen atoms in total. The fourth-order valence-corrected chi connectivity index (χ4v) is 2.19. The first-order valence-electron chi connectivity index (χ1n) is 6.60. The van der Waals surface area contributed by atoms with Crippen LogP contribution in [0.2, 0.25) is 5.02 Å². The normalized spacial score (nSPS) is 11.1. The maximum Gasteiger partial charge on any atom is 0.127 e. The van der Waals surface area contributed by atoms with E-state index in [4.69, 9.17) is 11.6 Å². The highest BCUT2D eigenvalue weighted by molar-refractivity contribution is 6.33. The summed E-state index contributed by atoms with van der Waals surface area (Å²) in [6, 6.07) is 5.55. The average molecular weight is 293 g/mol. The van der Waals surface area contributed by atoms with Crippen LogP contribution in [0.3, 0.4) is 0 Å². The summed E-state index contributed by atoms with van der Waals surface area (Å²) in [6.07, 6.45) is 3.57. The maximum absolute atomic E-state index is 13.5. The second-order valence-electron chi connectivity index (χ2n) is 5.20. The van der Waals surface area contributed by atoms with Crippen LogP contribution in [0.25, 0.3) is 11.1 Å². The monoisotopic (exact) mass is 292 g/mol. The molecule has 20 heavy (non-hydrogen) atoms. The molecule has 0 amide bonds. The van der Waals surface area contributed by atoms with E-state index in [1.165, 1.54) is 6.07 Å². The molecule has 0 atom stereocenters. The predicted octanol–water partition coefficient (Wildman–Crippen LogP) is 4.35. The number of hydrogen-bond acceptors (Lipinski definition) is 2. The van der Waals surface area contributed by atoms with Gasteiger partial charge in [0, 0.05) is 36.1 Å². The maximum atomic E-state index is 13.5. The van der Waals surface area contributed by atoms with Crippen molar-refractivity contribution in [1.82, 2.24) is 10.3 Å². The van der Waals surface area contributed by atoms with E-state index in [2.05, 4.69) is 24.1 Å². The number of rotatable bonds is 4. The average Bonchev–Trinajstić information content (AvgIpc) is 2.41. The van der Waals surface area contributed by atoms with Crippen LogP contribution in [0, 0.1) is 12.7 Å². The highest BCUT2D eigenvalue weighted by Gasteiger charge is 2.09. The van der Waals surface area contributed by atoms with Gasteiger partial charge in [-0.2, -0.15) is 0 Å². The van der Waals surface area contributed by atoms with Gasteiger partial charge in [0.2, 0.25) is 0 Å². The Morgan fingerprint density at radius 3 is 2.70 bits per heavy atom. The minimum atomic E-state index is -0.288. The van der Waals surface area contributed by atoms with E-state index >= 15 is 0 Å². The van der Waals surface area contributed by atoms with Crippen molar-refractivity contribution < 1.29 is 4.39 Å². The third kappa shape index (κ3) is 3.56. The predicted molar refractivity (Wildman–Crippen MR) is 81.4 cm³/mol.